The van der Waals surface area contributed by atoms with Crippen molar-refractivity contribution in [3.8, 4) is 0 Å². The van der Waals surface area contributed by atoms with E-state index in [0.717, 1.165) is 6.04 Å². The number of benzene rings is 1. The van der Waals surface area contributed by atoms with Gasteiger partial charge < -0.3 is 0 Å². The van der Waals surface area contributed by atoms with E-state index in [1.54, 1.807) is 11.1 Å². The van der Waals surface area contributed by atoms with Crippen LogP contribution in [0.15, 0.2) is 30.5 Å². The van der Waals surface area contributed by atoms with Crippen LogP contribution >= 0.6 is 0 Å². The van der Waals surface area contributed by atoms with Gasteiger partial charge in [-0.3, -0.25) is 10.00 Å². The summed E-state index contributed by atoms with van der Waals surface area (Å²) < 4.78 is 0. The number of H-pyrrole nitrogens is 1. The molecule has 1 aliphatic carbocycles. The Bertz CT molecular complexity index is 635. The van der Waals surface area contributed by atoms with Crippen molar-refractivity contribution >= 4 is 0 Å². The molecule has 1 fully saturated rings. The van der Waals surface area contributed by atoms with Gasteiger partial charge in [-0.2, -0.15) is 5.10 Å². The van der Waals surface area contributed by atoms with E-state index in [4.69, 9.17) is 0 Å². The number of rotatable bonds is 1. The lowest BCUT2D eigenvalue weighted by atomic mass is 9.97. The molecule has 1 saturated heterocycles. The molecule has 3 heterocycles. The molecule has 0 radical (unpaired) electrons. The van der Waals surface area contributed by atoms with Crippen molar-refractivity contribution in [2.24, 2.45) is 0 Å². The van der Waals surface area contributed by atoms with Crippen molar-refractivity contribution in [1.82, 2.24) is 15.1 Å². The van der Waals surface area contributed by atoms with E-state index in [9.17, 15) is 0 Å². The summed E-state index contributed by atoms with van der Waals surface area (Å²) in [6.07, 6.45) is 8.35. The minimum atomic E-state index is 0.613. The highest BCUT2D eigenvalue weighted by atomic mass is 15.3. The highest BCUT2D eigenvalue weighted by molar-refractivity contribution is 5.35. The molecule has 102 valence electrons. The van der Waals surface area contributed by atoms with Crippen molar-refractivity contribution < 1.29 is 0 Å². The molecule has 0 amide bonds. The summed E-state index contributed by atoms with van der Waals surface area (Å²) in [7, 11) is 0. The Labute approximate surface area is 119 Å². The van der Waals surface area contributed by atoms with Gasteiger partial charge in [0.25, 0.3) is 0 Å². The Morgan fingerprint density at radius 1 is 1.00 bits per heavy atom. The molecule has 5 rings (SSSR count). The normalized spacial score (nSPS) is 28.6. The van der Waals surface area contributed by atoms with Crippen LogP contribution in [0.1, 0.15) is 41.3 Å². The molecule has 3 aliphatic rings. The minimum absolute atomic E-state index is 0.613. The summed E-state index contributed by atoms with van der Waals surface area (Å²) in [5.41, 5.74) is 5.99. The predicted octanol–water partition coefficient (Wildman–Crippen LogP) is 2.64. The van der Waals surface area contributed by atoms with Gasteiger partial charge in [-0.15, -0.1) is 0 Å². The van der Waals surface area contributed by atoms with Gasteiger partial charge in [-0.25, -0.2) is 0 Å². The van der Waals surface area contributed by atoms with Crippen molar-refractivity contribution in [3.05, 3.63) is 52.8 Å². The number of nitrogens with zero attached hydrogens (tertiary/aromatic N) is 2. The highest BCUT2D eigenvalue weighted by Crippen LogP contribution is 2.46. The third kappa shape index (κ3) is 1.41. The van der Waals surface area contributed by atoms with Crippen molar-refractivity contribution in [3.63, 3.8) is 0 Å². The van der Waals surface area contributed by atoms with Gasteiger partial charge in [0.15, 0.2) is 0 Å². The van der Waals surface area contributed by atoms with Crippen LogP contribution in [-0.4, -0.2) is 27.2 Å². The molecule has 2 aromatic rings. The first kappa shape index (κ1) is 11.1. The molecule has 1 aromatic heterocycles. The molecule has 1 N–H and O–H groups in total. The van der Waals surface area contributed by atoms with Gasteiger partial charge in [-0.05, 0) is 36.8 Å². The molecular formula is C17H19N3. The maximum absolute atomic E-state index is 4.27. The molecule has 1 aromatic carbocycles. The fourth-order valence-electron chi connectivity index (χ4n) is 4.73. The molecule has 3 nitrogen and oxygen atoms in total. The Morgan fingerprint density at radius 3 is 2.60 bits per heavy atom. The number of fused-ring (bicyclic) bond motifs is 5. The molecule has 2 atom stereocenters. The maximum atomic E-state index is 4.27. The van der Waals surface area contributed by atoms with Crippen LogP contribution in [0.2, 0.25) is 0 Å². The quantitative estimate of drug-likeness (QED) is 0.859. The summed E-state index contributed by atoms with van der Waals surface area (Å²) in [5, 5.41) is 7.48. The largest absolute Gasteiger partial charge is 0.289 e. The average molecular weight is 265 g/mol. The SMILES string of the molecule is c1ccc2c(c1)CC(N1C3CCC1c1cn[nH]c1C3)C2. The second kappa shape index (κ2) is 3.95. The topological polar surface area (TPSA) is 31.9 Å². The Hall–Kier alpha value is -1.61. The zero-order chi connectivity index (χ0) is 13.1. The summed E-state index contributed by atoms with van der Waals surface area (Å²) >= 11 is 0. The van der Waals surface area contributed by atoms with Gasteiger partial charge in [0.1, 0.15) is 0 Å². The van der Waals surface area contributed by atoms with E-state index in [-0.39, 0.29) is 0 Å². The summed E-state index contributed by atoms with van der Waals surface area (Å²) in [6.45, 7) is 0. The van der Waals surface area contributed by atoms with Crippen LogP contribution < -0.4 is 0 Å². The van der Waals surface area contributed by atoms with E-state index >= 15 is 0 Å². The monoisotopic (exact) mass is 265 g/mol. The number of hydrogen-bond acceptors (Lipinski definition) is 2. The third-order valence-electron chi connectivity index (χ3n) is 5.56. The zero-order valence-corrected chi connectivity index (χ0v) is 11.5. The van der Waals surface area contributed by atoms with Crippen molar-refractivity contribution in [2.45, 2.75) is 50.2 Å². The van der Waals surface area contributed by atoms with E-state index in [2.05, 4.69) is 45.6 Å². The third-order valence-corrected chi connectivity index (χ3v) is 5.56. The predicted molar refractivity (Wildman–Crippen MR) is 77.5 cm³/mol. The second-order valence-corrected chi connectivity index (χ2v) is 6.53. The zero-order valence-electron chi connectivity index (χ0n) is 11.5. The number of nitrogens with one attached hydrogen (secondary N) is 1. The number of aromatic amines is 1. The summed E-state index contributed by atoms with van der Waals surface area (Å²) in [4.78, 5) is 2.82. The lowest BCUT2D eigenvalue weighted by Gasteiger charge is -2.39. The summed E-state index contributed by atoms with van der Waals surface area (Å²) in [6, 6.07) is 11.0. The number of hydrogen-bond donors (Lipinski definition) is 1. The number of aromatic nitrogens is 2. The lowest BCUT2D eigenvalue weighted by Crippen LogP contribution is -2.44. The maximum Gasteiger partial charge on any atom is 0.0538 e. The summed E-state index contributed by atoms with van der Waals surface area (Å²) in [5.74, 6) is 0. The van der Waals surface area contributed by atoms with Gasteiger partial charge >= 0.3 is 0 Å². The first-order valence-electron chi connectivity index (χ1n) is 7.76. The van der Waals surface area contributed by atoms with Crippen molar-refractivity contribution in [2.75, 3.05) is 0 Å². The fourth-order valence-corrected chi connectivity index (χ4v) is 4.73. The van der Waals surface area contributed by atoms with Crippen LogP contribution in [-0.2, 0) is 19.3 Å². The molecule has 0 saturated carbocycles. The molecule has 2 bridgehead atoms. The van der Waals surface area contributed by atoms with Crippen LogP contribution in [0.5, 0.6) is 0 Å². The Kier molecular flexibility index (Phi) is 2.19. The van der Waals surface area contributed by atoms with Gasteiger partial charge in [0, 0.05) is 35.8 Å². The van der Waals surface area contributed by atoms with E-state index in [0.29, 0.717) is 12.1 Å². The highest BCUT2D eigenvalue weighted by Gasteiger charge is 2.45. The Morgan fingerprint density at radius 2 is 1.80 bits per heavy atom. The van der Waals surface area contributed by atoms with Crippen molar-refractivity contribution in [1.29, 1.82) is 0 Å². The van der Waals surface area contributed by atoms with E-state index < -0.39 is 0 Å². The van der Waals surface area contributed by atoms with E-state index in [1.807, 2.05) is 0 Å². The molecule has 0 spiro atoms. The smallest absolute Gasteiger partial charge is 0.0538 e. The molecular weight excluding hydrogens is 246 g/mol. The lowest BCUT2D eigenvalue weighted by molar-refractivity contribution is 0.119. The average Bonchev–Trinajstić information content (AvgIpc) is 3.15. The standard InChI is InChI=1S/C17H19N3/c1-2-4-12-8-14(7-11(12)3-1)20-13-5-6-17(20)15-10-18-19-16(15)9-13/h1-4,10,13-14,17H,5-9H2,(H,18,19). The van der Waals surface area contributed by atoms with Gasteiger partial charge in [0.2, 0.25) is 0 Å². The van der Waals surface area contributed by atoms with Crippen LogP contribution in [0.25, 0.3) is 0 Å². The second-order valence-electron chi connectivity index (χ2n) is 6.53. The van der Waals surface area contributed by atoms with Crippen LogP contribution in [0.4, 0.5) is 0 Å². The Balaban J connectivity index is 1.49. The molecule has 2 unspecified atom stereocenters. The molecule has 3 heteroatoms. The molecule has 20 heavy (non-hydrogen) atoms. The van der Waals surface area contributed by atoms with Crippen LogP contribution in [0.3, 0.4) is 0 Å². The first-order valence-corrected chi connectivity index (χ1v) is 7.76. The van der Waals surface area contributed by atoms with Gasteiger partial charge in [0.05, 0.1) is 6.20 Å². The van der Waals surface area contributed by atoms with Gasteiger partial charge in [-0.1, -0.05) is 24.3 Å². The van der Waals surface area contributed by atoms with Crippen LogP contribution in [0, 0.1) is 0 Å². The fraction of sp³-hybridized carbons (Fsp3) is 0.471. The molecule has 2 aliphatic heterocycles. The minimum Gasteiger partial charge on any atom is -0.289 e. The van der Waals surface area contributed by atoms with E-state index in [1.165, 1.54) is 43.4 Å². The first-order chi connectivity index (χ1) is 9.90.